The van der Waals surface area contributed by atoms with Crippen LogP contribution in [0.3, 0.4) is 0 Å². The summed E-state index contributed by atoms with van der Waals surface area (Å²) in [7, 11) is 0. The maximum atomic E-state index is 12.3. The molecule has 1 heterocycles. The van der Waals surface area contributed by atoms with E-state index in [1.54, 1.807) is 18.2 Å². The van der Waals surface area contributed by atoms with Crippen molar-refractivity contribution in [3.63, 3.8) is 0 Å². The van der Waals surface area contributed by atoms with Crippen molar-refractivity contribution in [3.05, 3.63) is 52.3 Å². The number of aromatic nitrogens is 2. The van der Waals surface area contributed by atoms with Crippen LogP contribution in [-0.4, -0.2) is 27.2 Å². The van der Waals surface area contributed by atoms with Gasteiger partial charge in [0.05, 0.1) is 0 Å². The van der Waals surface area contributed by atoms with Crippen LogP contribution in [0.15, 0.2) is 24.3 Å². The number of carbonyl (C=O) groups is 2. The number of nitrogens with zero attached hydrogens (tertiary/aromatic N) is 1. The Bertz CT molecular complexity index is 762. The minimum Gasteiger partial charge on any atom is -0.479 e. The van der Waals surface area contributed by atoms with Crippen LogP contribution in [0.1, 0.15) is 57.7 Å². The van der Waals surface area contributed by atoms with Crippen LogP contribution in [-0.2, 0) is 4.79 Å². The van der Waals surface area contributed by atoms with E-state index >= 15 is 0 Å². The van der Waals surface area contributed by atoms with Gasteiger partial charge >= 0.3 is 5.97 Å². The van der Waals surface area contributed by atoms with E-state index in [1.807, 2.05) is 19.9 Å². The third-order valence-electron chi connectivity index (χ3n) is 4.33. The predicted octanol–water partition coefficient (Wildman–Crippen LogP) is 2.46. The molecule has 0 saturated heterocycles. The Morgan fingerprint density at radius 3 is 2.74 bits per heavy atom. The molecule has 6 nitrogen and oxygen atoms in total. The molecule has 3 rings (SSSR count). The molecule has 1 aromatic carbocycles. The molecule has 1 aliphatic rings. The first-order valence-electron chi connectivity index (χ1n) is 7.62. The summed E-state index contributed by atoms with van der Waals surface area (Å²) in [5.74, 6) is -1.12. The maximum Gasteiger partial charge on any atom is 0.330 e. The van der Waals surface area contributed by atoms with Crippen molar-refractivity contribution in [1.82, 2.24) is 15.5 Å². The average Bonchev–Trinajstić information content (AvgIpc) is 3.25. The number of carboxylic acids is 1. The van der Waals surface area contributed by atoms with Crippen LogP contribution < -0.4 is 5.32 Å². The molecule has 1 fully saturated rings. The summed E-state index contributed by atoms with van der Waals surface area (Å²) in [6.07, 6.45) is 2.20. The second-order valence-electron chi connectivity index (χ2n) is 6.02. The van der Waals surface area contributed by atoms with Crippen LogP contribution in [0.4, 0.5) is 0 Å². The van der Waals surface area contributed by atoms with Crippen molar-refractivity contribution in [2.75, 3.05) is 0 Å². The van der Waals surface area contributed by atoms with Gasteiger partial charge < -0.3 is 10.4 Å². The molecule has 0 radical (unpaired) electrons. The molecular formula is C17H19N3O3. The van der Waals surface area contributed by atoms with E-state index in [1.165, 1.54) is 0 Å². The second kappa shape index (κ2) is 5.87. The Morgan fingerprint density at radius 2 is 2.09 bits per heavy atom. The summed E-state index contributed by atoms with van der Waals surface area (Å²) < 4.78 is 0. The lowest BCUT2D eigenvalue weighted by Crippen LogP contribution is -2.34. The highest BCUT2D eigenvalue weighted by atomic mass is 16.4. The first-order valence-corrected chi connectivity index (χ1v) is 7.62. The van der Waals surface area contributed by atoms with E-state index in [4.69, 9.17) is 0 Å². The Kier molecular flexibility index (Phi) is 3.90. The summed E-state index contributed by atoms with van der Waals surface area (Å²) in [4.78, 5) is 23.9. The maximum absolute atomic E-state index is 12.3. The number of H-pyrrole nitrogens is 1. The molecule has 0 bridgehead atoms. The van der Waals surface area contributed by atoms with E-state index in [0.717, 1.165) is 29.7 Å². The molecule has 1 saturated carbocycles. The highest BCUT2D eigenvalue weighted by Crippen LogP contribution is 2.39. The largest absolute Gasteiger partial charge is 0.479 e. The standard InChI is InChI=1S/C17H19N3O3/c1-9-4-3-5-12(10(9)2)15(17(22)23)18-16(21)14-8-13(19-20-14)11-6-7-11/h3-5,8,11,15H,6-7H2,1-2H3,(H,18,21)(H,19,20)(H,22,23). The topological polar surface area (TPSA) is 95.1 Å². The zero-order valence-corrected chi connectivity index (χ0v) is 13.1. The number of hydrogen-bond acceptors (Lipinski definition) is 3. The highest BCUT2D eigenvalue weighted by molar-refractivity contribution is 5.95. The fourth-order valence-corrected chi connectivity index (χ4v) is 2.62. The third-order valence-corrected chi connectivity index (χ3v) is 4.33. The number of rotatable bonds is 5. The number of carbonyl (C=O) groups excluding carboxylic acids is 1. The van der Waals surface area contributed by atoms with Crippen LogP contribution in [0.25, 0.3) is 0 Å². The number of hydrogen-bond donors (Lipinski definition) is 3. The Balaban J connectivity index is 1.82. The quantitative estimate of drug-likeness (QED) is 0.790. The Labute approximate surface area is 133 Å². The van der Waals surface area contributed by atoms with Gasteiger partial charge in [-0.05, 0) is 49.4 Å². The van der Waals surface area contributed by atoms with Gasteiger partial charge in [-0.15, -0.1) is 0 Å². The fourth-order valence-electron chi connectivity index (χ4n) is 2.62. The number of amides is 1. The fraction of sp³-hybridized carbons (Fsp3) is 0.353. The van der Waals surface area contributed by atoms with Gasteiger partial charge in [-0.3, -0.25) is 9.89 Å². The molecule has 1 aromatic heterocycles. The van der Waals surface area contributed by atoms with Crippen LogP contribution in [0.2, 0.25) is 0 Å². The van der Waals surface area contributed by atoms with E-state index in [9.17, 15) is 14.7 Å². The van der Waals surface area contributed by atoms with Gasteiger partial charge in [-0.2, -0.15) is 5.10 Å². The second-order valence-corrected chi connectivity index (χ2v) is 6.02. The van der Waals surface area contributed by atoms with Crippen molar-refractivity contribution < 1.29 is 14.7 Å². The molecule has 23 heavy (non-hydrogen) atoms. The first kappa shape index (κ1) is 15.3. The highest BCUT2D eigenvalue weighted by Gasteiger charge is 2.28. The number of aryl methyl sites for hydroxylation is 1. The molecule has 3 N–H and O–H groups in total. The molecule has 0 aliphatic heterocycles. The van der Waals surface area contributed by atoms with E-state index in [-0.39, 0.29) is 5.69 Å². The van der Waals surface area contributed by atoms with Crippen LogP contribution >= 0.6 is 0 Å². The lowest BCUT2D eigenvalue weighted by atomic mass is 9.97. The molecule has 1 atom stereocenters. The minimum absolute atomic E-state index is 0.225. The molecule has 6 heteroatoms. The van der Waals surface area contributed by atoms with Crippen molar-refractivity contribution in [2.45, 2.75) is 38.6 Å². The zero-order valence-electron chi connectivity index (χ0n) is 13.1. The summed E-state index contributed by atoms with van der Waals surface area (Å²) in [5, 5.41) is 18.9. The van der Waals surface area contributed by atoms with Gasteiger partial charge in [0.15, 0.2) is 6.04 Å². The molecule has 1 unspecified atom stereocenters. The third kappa shape index (κ3) is 3.11. The van der Waals surface area contributed by atoms with Gasteiger partial charge in [-0.1, -0.05) is 18.2 Å². The van der Waals surface area contributed by atoms with E-state index in [2.05, 4.69) is 15.5 Å². The normalized spacial score (nSPS) is 15.2. The van der Waals surface area contributed by atoms with E-state index in [0.29, 0.717) is 11.5 Å². The van der Waals surface area contributed by atoms with Gasteiger partial charge in [0, 0.05) is 11.6 Å². The zero-order chi connectivity index (χ0) is 16.6. The number of aromatic amines is 1. The number of benzene rings is 1. The molecule has 1 aliphatic carbocycles. The van der Waals surface area contributed by atoms with Gasteiger partial charge in [0.2, 0.25) is 0 Å². The van der Waals surface area contributed by atoms with Crippen molar-refractivity contribution in [3.8, 4) is 0 Å². The summed E-state index contributed by atoms with van der Waals surface area (Å²) in [6, 6.07) is 6.04. The number of carboxylic acid groups (broad SMARTS) is 1. The van der Waals surface area contributed by atoms with Crippen molar-refractivity contribution >= 4 is 11.9 Å². The number of aliphatic carboxylic acids is 1. The SMILES string of the molecule is Cc1cccc(C(NC(=O)c2cc(C3CC3)[nH]n2)C(=O)O)c1C. The van der Waals surface area contributed by atoms with Crippen molar-refractivity contribution in [2.24, 2.45) is 0 Å². The van der Waals surface area contributed by atoms with Crippen LogP contribution in [0, 0.1) is 13.8 Å². The number of nitrogens with one attached hydrogen (secondary N) is 2. The lowest BCUT2D eigenvalue weighted by Gasteiger charge is -2.17. The molecule has 2 aromatic rings. The molecule has 120 valence electrons. The monoisotopic (exact) mass is 313 g/mol. The molecular weight excluding hydrogens is 294 g/mol. The Hall–Kier alpha value is -2.63. The molecule has 1 amide bonds. The summed E-state index contributed by atoms with van der Waals surface area (Å²) in [6.45, 7) is 3.77. The average molecular weight is 313 g/mol. The van der Waals surface area contributed by atoms with Crippen molar-refractivity contribution in [1.29, 1.82) is 0 Å². The predicted molar refractivity (Wildman–Crippen MR) is 84.3 cm³/mol. The molecule has 0 spiro atoms. The van der Waals surface area contributed by atoms with Gasteiger partial charge in [0.1, 0.15) is 5.69 Å². The first-order chi connectivity index (χ1) is 11.0. The smallest absolute Gasteiger partial charge is 0.330 e. The lowest BCUT2D eigenvalue weighted by molar-refractivity contribution is -0.139. The summed E-state index contributed by atoms with van der Waals surface area (Å²) >= 11 is 0. The summed E-state index contributed by atoms with van der Waals surface area (Å²) in [5.41, 5.74) is 3.60. The van der Waals surface area contributed by atoms with Crippen LogP contribution in [0.5, 0.6) is 0 Å². The Morgan fingerprint density at radius 1 is 1.35 bits per heavy atom. The minimum atomic E-state index is -1.09. The van der Waals surface area contributed by atoms with E-state index < -0.39 is 17.9 Å². The van der Waals surface area contributed by atoms with Gasteiger partial charge in [-0.25, -0.2) is 4.79 Å². The van der Waals surface area contributed by atoms with Gasteiger partial charge in [0.25, 0.3) is 5.91 Å².